The Balaban J connectivity index is 1.36. The van der Waals surface area contributed by atoms with Crippen LogP contribution in [0.1, 0.15) is 34.5 Å². The van der Waals surface area contributed by atoms with Crippen molar-refractivity contribution in [3.05, 3.63) is 90.0 Å². The topological polar surface area (TPSA) is 81.9 Å². The molecule has 1 amide bonds. The molecule has 4 aromatic rings. The molecular weight excluding hydrogens is 422 g/mol. The lowest BCUT2D eigenvalue weighted by atomic mass is 9.98. The van der Waals surface area contributed by atoms with Crippen LogP contribution in [0.5, 0.6) is 0 Å². The molecule has 168 valence electrons. The number of fused-ring (bicyclic) bond motifs is 1. The van der Waals surface area contributed by atoms with Gasteiger partial charge >= 0.3 is 0 Å². The Labute approximate surface area is 198 Å². The molecule has 2 aromatic heterocycles. The maximum absolute atomic E-state index is 12.9. The van der Waals surface area contributed by atoms with E-state index in [1.807, 2.05) is 54.4 Å². The van der Waals surface area contributed by atoms with Crippen molar-refractivity contribution >= 4 is 22.4 Å². The molecule has 1 saturated heterocycles. The third kappa shape index (κ3) is 4.46. The summed E-state index contributed by atoms with van der Waals surface area (Å²) in [6.45, 7) is 3.31. The second-order valence-corrected chi connectivity index (χ2v) is 8.71. The Morgan fingerprint density at radius 2 is 1.91 bits per heavy atom. The number of hydrogen-bond donors (Lipinski definition) is 1. The molecule has 0 saturated carbocycles. The summed E-state index contributed by atoms with van der Waals surface area (Å²) in [4.78, 5) is 23.3. The van der Waals surface area contributed by atoms with Crippen LogP contribution in [0.4, 0.5) is 5.69 Å². The molecule has 2 aromatic carbocycles. The minimum absolute atomic E-state index is 0.0676. The van der Waals surface area contributed by atoms with Gasteiger partial charge in [0.1, 0.15) is 0 Å². The first kappa shape index (κ1) is 21.6. The maximum atomic E-state index is 12.9. The number of piperidine rings is 1. The highest BCUT2D eigenvalue weighted by Gasteiger charge is 2.24. The van der Waals surface area contributed by atoms with E-state index in [0.717, 1.165) is 46.1 Å². The number of nitrogens with zero attached hydrogens (tertiary/aromatic N) is 4. The zero-order valence-corrected chi connectivity index (χ0v) is 19.0. The molecule has 0 unspecified atom stereocenters. The average molecular weight is 448 g/mol. The van der Waals surface area contributed by atoms with Crippen LogP contribution in [-0.4, -0.2) is 39.9 Å². The molecule has 1 aliphatic heterocycles. The Bertz CT molecular complexity index is 1400. The highest BCUT2D eigenvalue weighted by molar-refractivity contribution is 5.97. The smallest absolute Gasteiger partial charge is 0.253 e. The molecule has 3 heterocycles. The fraction of sp³-hybridized carbons (Fsp3) is 0.214. The van der Waals surface area contributed by atoms with Crippen LogP contribution in [0.2, 0.25) is 0 Å². The standard InChI is InChI=1S/C28H25N5O/c1-19-13-23(6-10-31-19)28(34)33-11-7-25(8-12-33)32-27-16-24(15-22-5-9-30-18-26(22)27)21-4-2-3-20(14-21)17-29/h2-6,9-10,13-16,18,25,32H,7-8,11-12H2,1H3. The van der Waals surface area contributed by atoms with E-state index < -0.39 is 0 Å². The van der Waals surface area contributed by atoms with E-state index >= 15 is 0 Å². The van der Waals surface area contributed by atoms with Gasteiger partial charge in [0.05, 0.1) is 11.6 Å². The summed E-state index contributed by atoms with van der Waals surface area (Å²) in [7, 11) is 0. The summed E-state index contributed by atoms with van der Waals surface area (Å²) < 4.78 is 0. The number of anilines is 1. The first-order chi connectivity index (χ1) is 16.6. The zero-order valence-electron chi connectivity index (χ0n) is 19.0. The van der Waals surface area contributed by atoms with Crippen LogP contribution in [-0.2, 0) is 0 Å². The third-order valence-electron chi connectivity index (χ3n) is 6.37. The number of aromatic nitrogens is 2. The van der Waals surface area contributed by atoms with Crippen molar-refractivity contribution in [2.75, 3.05) is 18.4 Å². The van der Waals surface area contributed by atoms with E-state index in [2.05, 4.69) is 33.5 Å². The number of carbonyl (C=O) groups excluding carboxylic acids is 1. The molecule has 0 bridgehead atoms. The van der Waals surface area contributed by atoms with Gasteiger partial charge in [0, 0.05) is 60.1 Å². The number of nitrogens with one attached hydrogen (secondary N) is 1. The largest absolute Gasteiger partial charge is 0.382 e. The monoisotopic (exact) mass is 447 g/mol. The summed E-state index contributed by atoms with van der Waals surface area (Å²) in [5.41, 5.74) is 5.28. The molecule has 34 heavy (non-hydrogen) atoms. The van der Waals surface area contributed by atoms with Gasteiger partial charge in [-0.15, -0.1) is 0 Å². The predicted molar refractivity (Wildman–Crippen MR) is 133 cm³/mol. The number of hydrogen-bond acceptors (Lipinski definition) is 5. The SMILES string of the molecule is Cc1cc(C(=O)N2CCC(Nc3cc(-c4cccc(C#N)c4)cc4ccncc34)CC2)ccn1. The predicted octanol–water partition coefficient (Wildman–Crippen LogP) is 5.19. The zero-order chi connectivity index (χ0) is 23.5. The van der Waals surface area contributed by atoms with Gasteiger partial charge < -0.3 is 10.2 Å². The van der Waals surface area contributed by atoms with Crippen molar-refractivity contribution in [2.24, 2.45) is 0 Å². The van der Waals surface area contributed by atoms with Gasteiger partial charge in [0.2, 0.25) is 0 Å². The minimum atomic E-state index is 0.0676. The molecule has 6 nitrogen and oxygen atoms in total. The van der Waals surface area contributed by atoms with Gasteiger partial charge in [-0.1, -0.05) is 12.1 Å². The number of likely N-dealkylation sites (tertiary alicyclic amines) is 1. The molecule has 6 heteroatoms. The van der Waals surface area contributed by atoms with E-state index in [1.165, 1.54) is 0 Å². The van der Waals surface area contributed by atoms with Crippen LogP contribution >= 0.6 is 0 Å². The van der Waals surface area contributed by atoms with E-state index in [1.54, 1.807) is 18.5 Å². The first-order valence-corrected chi connectivity index (χ1v) is 11.5. The van der Waals surface area contributed by atoms with Crippen molar-refractivity contribution in [3.63, 3.8) is 0 Å². The van der Waals surface area contributed by atoms with Crippen molar-refractivity contribution < 1.29 is 4.79 Å². The Kier molecular flexibility index (Phi) is 5.92. The third-order valence-corrected chi connectivity index (χ3v) is 6.37. The van der Waals surface area contributed by atoms with E-state index in [-0.39, 0.29) is 11.9 Å². The fourth-order valence-corrected chi connectivity index (χ4v) is 4.56. The van der Waals surface area contributed by atoms with Crippen molar-refractivity contribution in [1.29, 1.82) is 5.26 Å². The van der Waals surface area contributed by atoms with Gasteiger partial charge in [0.15, 0.2) is 0 Å². The fourth-order valence-electron chi connectivity index (χ4n) is 4.56. The lowest BCUT2D eigenvalue weighted by molar-refractivity contribution is 0.0718. The molecule has 0 spiro atoms. The summed E-state index contributed by atoms with van der Waals surface area (Å²) in [6, 6.07) is 20.1. The minimum Gasteiger partial charge on any atom is -0.382 e. The molecule has 0 aliphatic carbocycles. The lowest BCUT2D eigenvalue weighted by Gasteiger charge is -2.33. The van der Waals surface area contributed by atoms with Gasteiger partial charge in [-0.3, -0.25) is 14.8 Å². The van der Waals surface area contributed by atoms with E-state index in [4.69, 9.17) is 0 Å². The quantitative estimate of drug-likeness (QED) is 0.465. The summed E-state index contributed by atoms with van der Waals surface area (Å²) in [5.74, 6) is 0.0676. The van der Waals surface area contributed by atoms with Gasteiger partial charge in [-0.25, -0.2) is 0 Å². The number of amides is 1. The molecule has 0 atom stereocenters. The van der Waals surface area contributed by atoms with Gasteiger partial charge in [-0.05, 0) is 78.7 Å². The van der Waals surface area contributed by atoms with Crippen LogP contribution in [0, 0.1) is 18.3 Å². The molecule has 1 N–H and O–H groups in total. The normalized spacial score (nSPS) is 14.1. The van der Waals surface area contributed by atoms with Crippen LogP contribution in [0.25, 0.3) is 21.9 Å². The second kappa shape index (κ2) is 9.32. The van der Waals surface area contributed by atoms with Crippen molar-refractivity contribution in [2.45, 2.75) is 25.8 Å². The summed E-state index contributed by atoms with van der Waals surface area (Å²) in [5, 5.41) is 15.2. The van der Waals surface area contributed by atoms with Gasteiger partial charge in [0.25, 0.3) is 5.91 Å². The molecular formula is C28H25N5O. The highest BCUT2D eigenvalue weighted by atomic mass is 16.2. The number of carbonyl (C=O) groups is 1. The number of aryl methyl sites for hydroxylation is 1. The maximum Gasteiger partial charge on any atom is 0.253 e. The first-order valence-electron chi connectivity index (χ1n) is 11.5. The lowest BCUT2D eigenvalue weighted by Crippen LogP contribution is -2.42. The van der Waals surface area contributed by atoms with Crippen LogP contribution in [0.15, 0.2) is 73.2 Å². The Morgan fingerprint density at radius 1 is 1.06 bits per heavy atom. The number of nitriles is 1. The summed E-state index contributed by atoms with van der Waals surface area (Å²) in [6.07, 6.45) is 7.11. The Hall–Kier alpha value is -4.24. The van der Waals surface area contributed by atoms with Gasteiger partial charge in [-0.2, -0.15) is 5.26 Å². The number of benzene rings is 2. The number of rotatable bonds is 4. The van der Waals surface area contributed by atoms with E-state index in [9.17, 15) is 10.1 Å². The second-order valence-electron chi connectivity index (χ2n) is 8.71. The van der Waals surface area contributed by atoms with Crippen molar-refractivity contribution in [1.82, 2.24) is 14.9 Å². The molecule has 1 fully saturated rings. The van der Waals surface area contributed by atoms with Crippen LogP contribution in [0.3, 0.4) is 0 Å². The number of pyridine rings is 2. The van der Waals surface area contributed by atoms with E-state index in [0.29, 0.717) is 24.2 Å². The Morgan fingerprint density at radius 3 is 2.71 bits per heavy atom. The van der Waals surface area contributed by atoms with Crippen molar-refractivity contribution in [3.8, 4) is 17.2 Å². The highest BCUT2D eigenvalue weighted by Crippen LogP contribution is 2.32. The molecule has 0 radical (unpaired) electrons. The summed E-state index contributed by atoms with van der Waals surface area (Å²) >= 11 is 0. The average Bonchev–Trinajstić information content (AvgIpc) is 2.88. The van der Waals surface area contributed by atoms with Crippen LogP contribution < -0.4 is 5.32 Å². The molecule has 1 aliphatic rings. The molecule has 5 rings (SSSR count).